The maximum Gasteiger partial charge on any atom is 1.00 e. The molecule has 4 N–H and O–H groups in total. The van der Waals surface area contributed by atoms with Crippen molar-refractivity contribution >= 4 is 34.1 Å². The van der Waals surface area contributed by atoms with E-state index in [0.29, 0.717) is 35.9 Å². The fraction of sp³-hybridized carbons (Fsp3) is 0.375. The Bertz CT molecular complexity index is 2560. The minimum atomic E-state index is -0.615. The number of benzene rings is 4. The van der Waals surface area contributed by atoms with Gasteiger partial charge in [0.05, 0.1) is 34.4 Å². The second kappa shape index (κ2) is 30.4. The first-order chi connectivity index (χ1) is 33.3. The molecule has 0 amide bonds. The van der Waals surface area contributed by atoms with Gasteiger partial charge in [-0.05, 0) is 49.4 Å². The standard InChI is InChI=1S/2C16H12N5O4.C16H35NO2.Cr/c2*1-10-15(16(23)20(19-10)11-5-3-2-4-6-11)18-17-13-9-12(21(24)25)7-8-14(13)22;1-2-3-4-5-6-7-8-9-10-11-12-17(13-15-18)14-16-19;/h2*2-9,22H,1H3;18-19H,2-16H2,1H3;/q2*-1;;/p+1. The Hall–Kier alpha value is -7.09. The summed E-state index contributed by atoms with van der Waals surface area (Å²) in [4.78, 5) is 47.4. The van der Waals surface area contributed by atoms with Gasteiger partial charge in [0, 0.05) is 54.7 Å². The van der Waals surface area contributed by atoms with Crippen LogP contribution in [-0.2, 0) is 17.4 Å². The number of aliphatic hydroxyl groups is 2. The number of para-hydroxylation sites is 2. The molecule has 0 bridgehead atoms. The molecule has 6 aromatic rings. The molecule has 0 unspecified atom stereocenters. The minimum Gasteiger partial charge on any atom is -0.506 e. The molecule has 0 aliphatic rings. The van der Waals surface area contributed by atoms with Crippen molar-refractivity contribution in [1.29, 1.82) is 0 Å². The van der Waals surface area contributed by atoms with E-state index in [0.717, 1.165) is 42.9 Å². The Kier molecular flexibility index (Phi) is 24.9. The van der Waals surface area contributed by atoms with Crippen LogP contribution in [0.15, 0.2) is 127 Å². The van der Waals surface area contributed by atoms with Crippen molar-refractivity contribution in [3.05, 3.63) is 149 Å². The van der Waals surface area contributed by atoms with E-state index in [-0.39, 0.29) is 77.6 Å². The number of phenols is 2. The number of nitrogens with zero attached hydrogens (tertiary/aromatic N) is 11. The number of unbranched alkanes of at least 4 members (excludes halogenated alkanes) is 9. The van der Waals surface area contributed by atoms with Crippen LogP contribution in [0.5, 0.6) is 11.5 Å². The first-order valence-corrected chi connectivity index (χ1v) is 22.7. The number of nitro groups is 2. The van der Waals surface area contributed by atoms with Gasteiger partial charge in [0.1, 0.15) is 34.0 Å². The molecular formula is C48H60CrN11O10-. The number of phenolic OH excluding ortho intramolecular Hbond substituents is 2. The van der Waals surface area contributed by atoms with E-state index in [1.807, 2.05) is 12.1 Å². The van der Waals surface area contributed by atoms with Crippen LogP contribution >= 0.6 is 0 Å². The molecule has 2 aromatic heterocycles. The van der Waals surface area contributed by atoms with E-state index in [2.05, 4.69) is 42.5 Å². The van der Waals surface area contributed by atoms with Gasteiger partial charge in [0.2, 0.25) is 0 Å². The minimum absolute atomic E-state index is 0. The van der Waals surface area contributed by atoms with Gasteiger partial charge in [-0.2, -0.15) is 10.2 Å². The van der Waals surface area contributed by atoms with Gasteiger partial charge in [-0.25, -0.2) is 19.6 Å². The van der Waals surface area contributed by atoms with Gasteiger partial charge in [0.25, 0.3) is 11.4 Å². The Labute approximate surface area is 416 Å². The number of aromatic nitrogens is 4. The molecule has 0 atom stereocenters. The van der Waals surface area contributed by atoms with Crippen LogP contribution in [0.2, 0.25) is 0 Å². The zero-order chi connectivity index (χ0) is 50.1. The molecule has 0 aliphatic carbocycles. The number of hydrogen-bond donors (Lipinski definition) is 4. The number of aliphatic hydroxyl groups excluding tert-OH is 2. The molecule has 0 saturated carbocycles. The summed E-state index contributed by atoms with van der Waals surface area (Å²) in [6, 6.07) is 24.3. The van der Waals surface area contributed by atoms with Crippen LogP contribution in [0, 0.1) is 34.1 Å². The van der Waals surface area contributed by atoms with Crippen LogP contribution in [0.25, 0.3) is 11.4 Å². The molecule has 374 valence electrons. The zero-order valence-corrected chi connectivity index (χ0v) is 40.7. The normalized spacial score (nSPS) is 11.0. The summed E-state index contributed by atoms with van der Waals surface area (Å²) < 4.78 is 2.38. The molecule has 0 fully saturated rings. The van der Waals surface area contributed by atoms with Crippen LogP contribution in [0.1, 0.15) is 83.9 Å². The quantitative estimate of drug-likeness (QED) is 0.0153. The summed E-state index contributed by atoms with van der Waals surface area (Å²) in [5.41, 5.74) is 0.187. The van der Waals surface area contributed by atoms with E-state index in [1.165, 1.54) is 73.6 Å². The van der Waals surface area contributed by atoms with Crippen molar-refractivity contribution in [2.45, 2.75) is 85.0 Å². The SMILES string of the molecule is CCCCCCCCCCCCN(CCO)CCO.Cc1nn(-c2ccccc2)c(=O)[c-]1N=Nc1cc([N+](=O)[O-])ccc1O.Cc1nn(-c2ccccc2)c(=O)[c-]1N=Nc1cc([N+](=O)[O-])ccc1O.[Cr].[H+]. The van der Waals surface area contributed by atoms with Gasteiger partial charge in [-0.3, -0.25) is 25.1 Å². The molecule has 0 spiro atoms. The first kappa shape index (κ1) is 57.2. The number of azo groups is 2. The summed E-state index contributed by atoms with van der Waals surface area (Å²) in [5.74, 6) is -0.565. The third-order valence-electron chi connectivity index (χ3n) is 10.5. The first-order valence-electron chi connectivity index (χ1n) is 22.7. The van der Waals surface area contributed by atoms with Crippen molar-refractivity contribution in [3.63, 3.8) is 0 Å². The number of non-ortho nitro benzene ring substituents is 2. The van der Waals surface area contributed by atoms with Crippen molar-refractivity contribution < 1.29 is 49.1 Å². The molecule has 0 saturated heterocycles. The van der Waals surface area contributed by atoms with E-state index >= 15 is 0 Å². The molecule has 21 nitrogen and oxygen atoms in total. The van der Waals surface area contributed by atoms with Crippen LogP contribution in [0.4, 0.5) is 34.1 Å². The fourth-order valence-electron chi connectivity index (χ4n) is 6.77. The molecule has 70 heavy (non-hydrogen) atoms. The van der Waals surface area contributed by atoms with Crippen molar-refractivity contribution in [2.24, 2.45) is 20.5 Å². The van der Waals surface area contributed by atoms with Gasteiger partial charge in [-0.15, -0.1) is 11.4 Å². The van der Waals surface area contributed by atoms with E-state index in [9.17, 15) is 40.0 Å². The summed E-state index contributed by atoms with van der Waals surface area (Å²) >= 11 is 0. The van der Waals surface area contributed by atoms with Gasteiger partial charge in [0.15, 0.2) is 0 Å². The third kappa shape index (κ3) is 17.8. The predicted molar refractivity (Wildman–Crippen MR) is 262 cm³/mol. The monoisotopic (exact) mass is 1000 g/mol. The fourth-order valence-corrected chi connectivity index (χ4v) is 6.77. The van der Waals surface area contributed by atoms with Crippen molar-refractivity contribution in [2.75, 3.05) is 32.8 Å². The molecule has 0 aliphatic heterocycles. The zero-order valence-electron chi connectivity index (χ0n) is 40.4. The van der Waals surface area contributed by atoms with Crippen molar-refractivity contribution in [1.82, 2.24) is 24.5 Å². The molecule has 2 heterocycles. The number of hydrogen-bond acceptors (Lipinski definition) is 17. The molecule has 0 radical (unpaired) electrons. The number of nitro benzene ring substituents is 2. The van der Waals surface area contributed by atoms with Crippen molar-refractivity contribution in [3.8, 4) is 22.9 Å². The van der Waals surface area contributed by atoms with E-state index in [1.54, 1.807) is 62.4 Å². The Morgan fingerprint density at radius 2 is 0.971 bits per heavy atom. The second-order valence-corrected chi connectivity index (χ2v) is 15.7. The summed E-state index contributed by atoms with van der Waals surface area (Å²) in [6.45, 7) is 8.24. The molecule has 22 heteroatoms. The smallest absolute Gasteiger partial charge is 0.506 e. The Balaban J connectivity index is 0.000000365. The Morgan fingerprint density at radius 3 is 1.33 bits per heavy atom. The molecule has 4 aromatic carbocycles. The average molecular weight is 1000 g/mol. The summed E-state index contributed by atoms with van der Waals surface area (Å²) in [5, 5.41) is 82.3. The van der Waals surface area contributed by atoms with E-state index in [4.69, 9.17) is 10.2 Å². The van der Waals surface area contributed by atoms with Crippen LogP contribution in [-0.4, -0.2) is 87.6 Å². The average Bonchev–Trinajstić information content (AvgIpc) is 3.80. The Morgan fingerprint density at radius 1 is 0.600 bits per heavy atom. The van der Waals surface area contributed by atoms with E-state index < -0.39 is 21.0 Å². The number of aromatic hydroxyl groups is 2. The number of rotatable bonds is 23. The summed E-state index contributed by atoms with van der Waals surface area (Å²) in [6.07, 6.45) is 13.5. The van der Waals surface area contributed by atoms with Gasteiger partial charge >= 0.3 is 1.43 Å². The maximum absolute atomic E-state index is 12.4. The largest absolute Gasteiger partial charge is 1.00 e. The topological polar surface area (TPSA) is 290 Å². The van der Waals surface area contributed by atoms with Crippen LogP contribution in [0.3, 0.4) is 0 Å². The third-order valence-corrected chi connectivity index (χ3v) is 10.5. The van der Waals surface area contributed by atoms with Crippen LogP contribution < -0.4 is 11.1 Å². The second-order valence-electron chi connectivity index (χ2n) is 15.7. The molecule has 6 rings (SSSR count). The van der Waals surface area contributed by atoms with Gasteiger partial charge in [-0.1, -0.05) is 126 Å². The molecular weight excluding hydrogens is 943 g/mol. The maximum atomic E-state index is 12.4. The number of aryl methyl sites for hydroxylation is 2. The summed E-state index contributed by atoms with van der Waals surface area (Å²) in [7, 11) is 0. The van der Waals surface area contributed by atoms with Gasteiger partial charge < -0.3 is 40.2 Å². The predicted octanol–water partition coefficient (Wildman–Crippen LogP) is 9.88.